The van der Waals surface area contributed by atoms with Gasteiger partial charge in [-0.15, -0.1) is 0 Å². The monoisotopic (exact) mass is 401 g/mol. The normalized spacial score (nSPS) is 17.5. The summed E-state index contributed by atoms with van der Waals surface area (Å²) in [6.07, 6.45) is 2.10. The van der Waals surface area contributed by atoms with Crippen molar-refractivity contribution in [2.75, 3.05) is 38.7 Å². The average molecular weight is 402 g/mol. The molecule has 0 saturated carbocycles. The van der Waals surface area contributed by atoms with Crippen LogP contribution in [0.5, 0.6) is 0 Å². The van der Waals surface area contributed by atoms with Gasteiger partial charge in [0.15, 0.2) is 5.96 Å². The van der Waals surface area contributed by atoms with Crippen LogP contribution in [0.1, 0.15) is 18.1 Å². The van der Waals surface area contributed by atoms with Gasteiger partial charge in [-0.1, -0.05) is 23.7 Å². The number of benzene rings is 1. The van der Waals surface area contributed by atoms with E-state index < -0.39 is 0 Å². The molecule has 0 radical (unpaired) electrons. The van der Waals surface area contributed by atoms with Crippen molar-refractivity contribution in [2.45, 2.75) is 26.1 Å². The third-order valence-electron chi connectivity index (χ3n) is 4.73. The second kappa shape index (κ2) is 9.75. The molecule has 1 aliphatic rings. The first-order valence-corrected chi connectivity index (χ1v) is 9.90. The van der Waals surface area contributed by atoms with Crippen molar-refractivity contribution in [1.82, 2.24) is 15.2 Å². The highest BCUT2D eigenvalue weighted by atomic mass is 35.5. The minimum Gasteiger partial charge on any atom is -0.375 e. The van der Waals surface area contributed by atoms with E-state index in [-0.39, 0.29) is 6.10 Å². The minimum atomic E-state index is 0.234. The lowest BCUT2D eigenvalue weighted by molar-refractivity contribution is 0.0529. The van der Waals surface area contributed by atoms with Crippen LogP contribution >= 0.6 is 11.6 Å². The second-order valence-corrected chi connectivity index (χ2v) is 7.47. The summed E-state index contributed by atoms with van der Waals surface area (Å²) in [5, 5.41) is 4.18. The number of rotatable bonds is 5. The van der Waals surface area contributed by atoms with Gasteiger partial charge in [-0.05, 0) is 42.3 Å². The fourth-order valence-corrected chi connectivity index (χ4v) is 3.40. The van der Waals surface area contributed by atoms with Gasteiger partial charge >= 0.3 is 0 Å². The predicted molar refractivity (Wildman–Crippen MR) is 115 cm³/mol. The number of hydrogen-bond acceptors (Lipinski definition) is 4. The fraction of sp³-hybridized carbons (Fsp3) is 0.429. The van der Waals surface area contributed by atoms with Gasteiger partial charge in [-0.3, -0.25) is 4.99 Å². The molecule has 28 heavy (non-hydrogen) atoms. The van der Waals surface area contributed by atoms with E-state index in [9.17, 15) is 0 Å². The Bertz CT molecular complexity index is 796. The van der Waals surface area contributed by atoms with Crippen molar-refractivity contribution in [3.63, 3.8) is 0 Å². The van der Waals surface area contributed by atoms with Crippen LogP contribution in [0, 0.1) is 0 Å². The van der Waals surface area contributed by atoms with Gasteiger partial charge in [-0.2, -0.15) is 0 Å². The van der Waals surface area contributed by atoms with Crippen molar-refractivity contribution < 1.29 is 4.74 Å². The highest BCUT2D eigenvalue weighted by Crippen LogP contribution is 2.16. The zero-order valence-corrected chi connectivity index (χ0v) is 17.5. The first-order chi connectivity index (χ1) is 13.5. The van der Waals surface area contributed by atoms with Crippen LogP contribution in [0.15, 0.2) is 47.6 Å². The molecule has 0 bridgehead atoms. The molecule has 2 heterocycles. The van der Waals surface area contributed by atoms with Crippen LogP contribution in [0.25, 0.3) is 0 Å². The molecule has 3 rings (SSSR count). The molecule has 1 saturated heterocycles. The van der Waals surface area contributed by atoms with Crippen molar-refractivity contribution in [3.8, 4) is 0 Å². The van der Waals surface area contributed by atoms with Gasteiger partial charge in [-0.25, -0.2) is 4.98 Å². The molecule has 1 fully saturated rings. The van der Waals surface area contributed by atoms with Crippen LogP contribution in [-0.2, 0) is 17.8 Å². The SMILES string of the molecule is CN=C(NCc1ccnc(N2CCOC(C)C2)c1)N(C)Cc1ccc(Cl)cc1. The van der Waals surface area contributed by atoms with Crippen LogP contribution in [-0.4, -0.2) is 55.7 Å². The number of morpholine rings is 1. The van der Waals surface area contributed by atoms with Crippen molar-refractivity contribution in [1.29, 1.82) is 0 Å². The van der Waals surface area contributed by atoms with E-state index in [1.54, 1.807) is 7.05 Å². The topological polar surface area (TPSA) is 53.0 Å². The Balaban J connectivity index is 1.58. The summed E-state index contributed by atoms with van der Waals surface area (Å²) in [5.74, 6) is 1.84. The molecular formula is C21H28ClN5O. The van der Waals surface area contributed by atoms with E-state index in [0.717, 1.165) is 43.0 Å². The smallest absolute Gasteiger partial charge is 0.193 e. The zero-order chi connectivity index (χ0) is 19.9. The molecule has 1 N–H and O–H groups in total. The highest BCUT2D eigenvalue weighted by Gasteiger charge is 2.18. The van der Waals surface area contributed by atoms with Crippen molar-refractivity contribution in [2.24, 2.45) is 4.99 Å². The summed E-state index contributed by atoms with van der Waals surface area (Å²) in [7, 11) is 3.82. The summed E-state index contributed by atoms with van der Waals surface area (Å²) in [5.41, 5.74) is 2.35. The number of halogens is 1. The molecule has 0 aliphatic carbocycles. The number of ether oxygens (including phenoxy) is 1. The first kappa shape index (κ1) is 20.4. The molecule has 1 aromatic carbocycles. The van der Waals surface area contributed by atoms with E-state index in [1.807, 2.05) is 43.6 Å². The lowest BCUT2D eigenvalue weighted by atomic mass is 10.2. The van der Waals surface area contributed by atoms with E-state index in [1.165, 1.54) is 11.1 Å². The maximum absolute atomic E-state index is 5.97. The Morgan fingerprint density at radius 1 is 1.32 bits per heavy atom. The lowest BCUT2D eigenvalue weighted by Crippen LogP contribution is -2.41. The first-order valence-electron chi connectivity index (χ1n) is 9.53. The van der Waals surface area contributed by atoms with E-state index in [4.69, 9.17) is 16.3 Å². The third-order valence-corrected chi connectivity index (χ3v) is 4.98. The van der Waals surface area contributed by atoms with E-state index >= 15 is 0 Å². The molecule has 1 unspecified atom stereocenters. The average Bonchev–Trinajstić information content (AvgIpc) is 2.70. The number of nitrogens with one attached hydrogen (secondary N) is 1. The summed E-state index contributed by atoms with van der Waals surface area (Å²) < 4.78 is 5.62. The number of hydrogen-bond donors (Lipinski definition) is 1. The number of aromatic nitrogens is 1. The lowest BCUT2D eigenvalue weighted by Gasteiger charge is -2.32. The Morgan fingerprint density at radius 2 is 2.11 bits per heavy atom. The standard InChI is InChI=1S/C21H28ClN5O/c1-16-14-27(10-11-28-16)20-12-18(8-9-24-20)13-25-21(23-2)26(3)15-17-4-6-19(22)7-5-17/h4-9,12,16H,10-11,13-15H2,1-3H3,(H,23,25). The molecule has 1 atom stereocenters. The number of guanidine groups is 1. The molecule has 6 nitrogen and oxygen atoms in total. The predicted octanol–water partition coefficient (Wildman–Crippen LogP) is 3.17. The summed E-state index contributed by atoms with van der Waals surface area (Å²) in [6.45, 7) is 6.03. The maximum atomic E-state index is 5.97. The molecule has 0 amide bonds. The number of aliphatic imine (C=N–C) groups is 1. The maximum Gasteiger partial charge on any atom is 0.193 e. The third kappa shape index (κ3) is 5.59. The van der Waals surface area contributed by atoms with Crippen LogP contribution in [0.4, 0.5) is 5.82 Å². The fourth-order valence-electron chi connectivity index (χ4n) is 3.27. The Morgan fingerprint density at radius 3 is 2.82 bits per heavy atom. The van der Waals surface area contributed by atoms with Gasteiger partial charge in [0.1, 0.15) is 5.82 Å². The molecule has 7 heteroatoms. The van der Waals surface area contributed by atoms with E-state index in [0.29, 0.717) is 6.54 Å². The molecule has 2 aromatic rings. The largest absolute Gasteiger partial charge is 0.375 e. The quantitative estimate of drug-likeness (QED) is 0.616. The van der Waals surface area contributed by atoms with Crippen LogP contribution in [0.2, 0.25) is 5.02 Å². The van der Waals surface area contributed by atoms with Gasteiger partial charge in [0.25, 0.3) is 0 Å². The van der Waals surface area contributed by atoms with E-state index in [2.05, 4.69) is 38.1 Å². The molecule has 1 aromatic heterocycles. The minimum absolute atomic E-state index is 0.234. The molecule has 0 spiro atoms. The Hall–Kier alpha value is -2.31. The summed E-state index contributed by atoms with van der Waals surface area (Å²) in [4.78, 5) is 13.3. The number of nitrogens with zero attached hydrogens (tertiary/aromatic N) is 4. The second-order valence-electron chi connectivity index (χ2n) is 7.03. The summed E-state index contributed by atoms with van der Waals surface area (Å²) >= 11 is 5.97. The van der Waals surface area contributed by atoms with Crippen molar-refractivity contribution in [3.05, 3.63) is 58.7 Å². The molecule has 150 valence electrons. The number of pyridine rings is 1. The number of anilines is 1. The zero-order valence-electron chi connectivity index (χ0n) is 16.7. The Labute approximate surface area is 172 Å². The van der Waals surface area contributed by atoms with Gasteiger partial charge in [0.05, 0.1) is 12.7 Å². The molecule has 1 aliphatic heterocycles. The Kier molecular flexibility index (Phi) is 7.12. The van der Waals surface area contributed by atoms with Gasteiger partial charge in [0.2, 0.25) is 0 Å². The van der Waals surface area contributed by atoms with Gasteiger partial charge < -0.3 is 19.9 Å². The van der Waals surface area contributed by atoms with Crippen LogP contribution in [0.3, 0.4) is 0 Å². The van der Waals surface area contributed by atoms with Crippen molar-refractivity contribution >= 4 is 23.4 Å². The molecular weight excluding hydrogens is 374 g/mol. The highest BCUT2D eigenvalue weighted by molar-refractivity contribution is 6.30. The summed E-state index contributed by atoms with van der Waals surface area (Å²) in [6, 6.07) is 12.1. The van der Waals surface area contributed by atoms with Gasteiger partial charge in [0, 0.05) is 51.5 Å². The van der Waals surface area contributed by atoms with Crippen LogP contribution < -0.4 is 10.2 Å².